The number of benzene rings is 3. The van der Waals surface area contributed by atoms with Crippen LogP contribution in [0.5, 0.6) is 0 Å². The number of imide groups is 1. The Bertz CT molecular complexity index is 1610. The summed E-state index contributed by atoms with van der Waals surface area (Å²) in [4.78, 5) is 54.4. The number of para-hydroxylation sites is 2. The van der Waals surface area contributed by atoms with Crippen molar-refractivity contribution < 1.29 is 14.4 Å². The highest BCUT2D eigenvalue weighted by Crippen LogP contribution is 2.34. The van der Waals surface area contributed by atoms with Crippen molar-refractivity contribution in [3.05, 3.63) is 88.5 Å². The van der Waals surface area contributed by atoms with Gasteiger partial charge in [-0.1, -0.05) is 24.3 Å². The highest BCUT2D eigenvalue weighted by molar-refractivity contribution is 6.35. The van der Waals surface area contributed by atoms with Gasteiger partial charge in [-0.25, -0.2) is 14.9 Å². The van der Waals surface area contributed by atoms with Gasteiger partial charge in [0.1, 0.15) is 0 Å². The number of amides is 3. The zero-order valence-electron chi connectivity index (χ0n) is 20.1. The number of anilines is 3. The van der Waals surface area contributed by atoms with E-state index in [0.29, 0.717) is 47.1 Å². The Morgan fingerprint density at radius 3 is 2.25 bits per heavy atom. The van der Waals surface area contributed by atoms with Gasteiger partial charge in [-0.2, -0.15) is 0 Å². The number of hydrogen-bond acceptors (Lipinski definition) is 6. The van der Waals surface area contributed by atoms with E-state index in [9.17, 15) is 14.4 Å². The molecule has 6 rings (SSSR count). The lowest BCUT2D eigenvalue weighted by atomic mass is 10.0. The van der Waals surface area contributed by atoms with Crippen LogP contribution in [0.1, 0.15) is 42.2 Å². The second-order valence-corrected chi connectivity index (χ2v) is 9.23. The SMILES string of the molecule is Cc1ccc(C)c(N2C(=O)c3ccc(C(=O)N4CCN(C)c5nc6ccccc6nc54)cc3C2=O)c1. The monoisotopic (exact) mass is 477 g/mol. The van der Waals surface area contributed by atoms with Crippen LogP contribution in [-0.4, -0.2) is 47.8 Å². The molecule has 1 aromatic heterocycles. The molecule has 2 aliphatic heterocycles. The largest absolute Gasteiger partial charge is 0.355 e. The van der Waals surface area contributed by atoms with E-state index in [2.05, 4.69) is 0 Å². The highest BCUT2D eigenvalue weighted by atomic mass is 16.2. The summed E-state index contributed by atoms with van der Waals surface area (Å²) in [6.07, 6.45) is 0. The van der Waals surface area contributed by atoms with E-state index in [1.54, 1.807) is 17.0 Å². The van der Waals surface area contributed by atoms with E-state index < -0.39 is 5.91 Å². The van der Waals surface area contributed by atoms with Gasteiger partial charge in [-0.05, 0) is 61.4 Å². The predicted molar refractivity (Wildman–Crippen MR) is 138 cm³/mol. The number of carbonyl (C=O) groups excluding carboxylic acids is 3. The van der Waals surface area contributed by atoms with E-state index in [0.717, 1.165) is 16.6 Å². The van der Waals surface area contributed by atoms with Crippen molar-refractivity contribution in [1.29, 1.82) is 0 Å². The molecule has 0 spiro atoms. The first-order valence-electron chi connectivity index (χ1n) is 11.7. The van der Waals surface area contributed by atoms with E-state index in [1.165, 1.54) is 11.0 Å². The number of rotatable bonds is 2. The Morgan fingerprint density at radius 1 is 0.806 bits per heavy atom. The summed E-state index contributed by atoms with van der Waals surface area (Å²) in [5.74, 6) is 0.00392. The summed E-state index contributed by atoms with van der Waals surface area (Å²) in [5, 5.41) is 0. The van der Waals surface area contributed by atoms with E-state index >= 15 is 0 Å². The minimum absolute atomic E-state index is 0.228. The molecule has 8 nitrogen and oxygen atoms in total. The molecule has 36 heavy (non-hydrogen) atoms. The lowest BCUT2D eigenvalue weighted by Gasteiger charge is -2.33. The Kier molecular flexibility index (Phi) is 4.86. The van der Waals surface area contributed by atoms with Crippen molar-refractivity contribution in [2.75, 3.05) is 34.8 Å². The first-order valence-corrected chi connectivity index (χ1v) is 11.7. The summed E-state index contributed by atoms with van der Waals surface area (Å²) in [6, 6.07) is 17.9. The molecule has 4 aromatic rings. The van der Waals surface area contributed by atoms with Crippen molar-refractivity contribution in [2.45, 2.75) is 13.8 Å². The fourth-order valence-electron chi connectivity index (χ4n) is 4.79. The highest BCUT2D eigenvalue weighted by Gasteiger charge is 2.38. The van der Waals surface area contributed by atoms with Crippen LogP contribution in [-0.2, 0) is 0 Å². The molecule has 178 valence electrons. The fourth-order valence-corrected chi connectivity index (χ4v) is 4.79. The third-order valence-electron chi connectivity index (χ3n) is 6.79. The molecule has 0 unspecified atom stereocenters. The fraction of sp³-hybridized carbons (Fsp3) is 0.179. The molecule has 2 aliphatic rings. The van der Waals surface area contributed by atoms with Crippen molar-refractivity contribution in [1.82, 2.24) is 9.97 Å². The molecule has 0 bridgehead atoms. The van der Waals surface area contributed by atoms with E-state index in [1.807, 2.05) is 68.3 Å². The van der Waals surface area contributed by atoms with Crippen LogP contribution in [0.15, 0.2) is 60.7 Å². The first kappa shape index (κ1) is 21.9. The van der Waals surface area contributed by atoms with Crippen LogP contribution < -0.4 is 14.7 Å². The van der Waals surface area contributed by atoms with Crippen LogP contribution in [0.2, 0.25) is 0 Å². The maximum absolute atomic E-state index is 13.7. The number of fused-ring (bicyclic) bond motifs is 3. The third kappa shape index (κ3) is 3.25. The average Bonchev–Trinajstić information content (AvgIpc) is 3.13. The summed E-state index contributed by atoms with van der Waals surface area (Å²) >= 11 is 0. The minimum Gasteiger partial charge on any atom is -0.355 e. The molecule has 0 aliphatic carbocycles. The second kappa shape index (κ2) is 7.98. The third-order valence-corrected chi connectivity index (χ3v) is 6.79. The Labute approximate surface area is 207 Å². The van der Waals surface area contributed by atoms with Gasteiger partial charge in [-0.3, -0.25) is 19.3 Å². The molecule has 8 heteroatoms. The Hall–Kier alpha value is -4.59. The molecular weight excluding hydrogens is 454 g/mol. The summed E-state index contributed by atoms with van der Waals surface area (Å²) in [7, 11) is 1.92. The van der Waals surface area contributed by atoms with Crippen LogP contribution in [0, 0.1) is 13.8 Å². The van der Waals surface area contributed by atoms with Crippen molar-refractivity contribution in [3.8, 4) is 0 Å². The van der Waals surface area contributed by atoms with Crippen molar-refractivity contribution in [2.24, 2.45) is 0 Å². The molecule has 0 saturated carbocycles. The van der Waals surface area contributed by atoms with Gasteiger partial charge < -0.3 is 4.90 Å². The van der Waals surface area contributed by atoms with Gasteiger partial charge in [0.05, 0.1) is 27.8 Å². The Balaban J connectivity index is 1.38. The average molecular weight is 478 g/mol. The number of carbonyl (C=O) groups is 3. The number of nitrogens with zero attached hydrogens (tertiary/aromatic N) is 5. The zero-order chi connectivity index (χ0) is 25.1. The topological polar surface area (TPSA) is 86.7 Å². The number of likely N-dealkylation sites (N-methyl/N-ethyl adjacent to an activating group) is 1. The first-order chi connectivity index (χ1) is 17.3. The summed E-state index contributed by atoms with van der Waals surface area (Å²) in [6.45, 7) is 4.79. The van der Waals surface area contributed by atoms with Gasteiger partial charge in [0.15, 0.2) is 11.6 Å². The molecule has 3 amide bonds. The molecule has 3 heterocycles. The maximum atomic E-state index is 13.7. The van der Waals surface area contributed by atoms with Gasteiger partial charge >= 0.3 is 0 Å². The van der Waals surface area contributed by atoms with Gasteiger partial charge in [0, 0.05) is 25.7 Å². The summed E-state index contributed by atoms with van der Waals surface area (Å²) in [5.41, 5.74) is 4.63. The Morgan fingerprint density at radius 2 is 1.50 bits per heavy atom. The van der Waals surface area contributed by atoms with Gasteiger partial charge in [0.25, 0.3) is 17.7 Å². The number of aryl methyl sites for hydroxylation is 2. The van der Waals surface area contributed by atoms with E-state index in [4.69, 9.17) is 9.97 Å². The molecule has 0 atom stereocenters. The molecule has 3 aromatic carbocycles. The lowest BCUT2D eigenvalue weighted by Crippen LogP contribution is -2.43. The van der Waals surface area contributed by atoms with E-state index in [-0.39, 0.29) is 17.4 Å². The molecular formula is C28H23N5O3. The molecule has 0 N–H and O–H groups in total. The van der Waals surface area contributed by atoms with Crippen molar-refractivity contribution >= 4 is 46.1 Å². The number of hydrogen-bond donors (Lipinski definition) is 0. The van der Waals surface area contributed by atoms with Crippen LogP contribution in [0.3, 0.4) is 0 Å². The minimum atomic E-state index is -0.428. The normalized spacial score (nSPS) is 14.9. The van der Waals surface area contributed by atoms with Gasteiger partial charge in [-0.15, -0.1) is 0 Å². The van der Waals surface area contributed by atoms with Crippen LogP contribution in [0.25, 0.3) is 11.0 Å². The van der Waals surface area contributed by atoms with Gasteiger partial charge in [0.2, 0.25) is 0 Å². The standard InChI is InChI=1S/C28H23N5O3/c1-16-8-9-17(2)23(14-16)33-27(35)19-11-10-18(15-20(19)28(33)36)26(34)32-13-12-31(3)24-25(32)30-22-7-5-4-6-21(22)29-24/h4-11,14-15H,12-13H2,1-3H3. The smallest absolute Gasteiger partial charge is 0.266 e. The lowest BCUT2D eigenvalue weighted by molar-refractivity contribution is 0.0924. The number of aromatic nitrogens is 2. The quantitative estimate of drug-likeness (QED) is 0.403. The second-order valence-electron chi connectivity index (χ2n) is 9.23. The molecule has 0 saturated heterocycles. The predicted octanol–water partition coefficient (Wildman–Crippen LogP) is 4.14. The van der Waals surface area contributed by atoms with Crippen molar-refractivity contribution in [3.63, 3.8) is 0 Å². The van der Waals surface area contributed by atoms with Crippen LogP contribution >= 0.6 is 0 Å². The van der Waals surface area contributed by atoms with Crippen LogP contribution in [0.4, 0.5) is 17.3 Å². The summed E-state index contributed by atoms with van der Waals surface area (Å²) < 4.78 is 0. The molecule has 0 fully saturated rings. The maximum Gasteiger partial charge on any atom is 0.266 e. The zero-order valence-corrected chi connectivity index (χ0v) is 20.1. The molecule has 0 radical (unpaired) electrons.